The molecule has 0 aliphatic heterocycles. The Balaban J connectivity index is 1.82. The monoisotopic (exact) mass is 444 g/mol. The number of carbonyl (C=O) groups is 2. The van der Waals surface area contributed by atoms with Crippen LogP contribution in [-0.4, -0.2) is 29.6 Å². The molecule has 2 aromatic carbocycles. The topological polar surface area (TPSA) is 108 Å². The smallest absolute Gasteiger partial charge is 0.290 e. The van der Waals surface area contributed by atoms with Gasteiger partial charge in [-0.3, -0.25) is 9.59 Å². The van der Waals surface area contributed by atoms with Crippen LogP contribution >= 0.6 is 11.6 Å². The number of rotatable bonds is 7. The van der Waals surface area contributed by atoms with Crippen LogP contribution in [-0.2, 0) is 11.2 Å². The van der Waals surface area contributed by atoms with Crippen LogP contribution in [0, 0.1) is 23.0 Å². The van der Waals surface area contributed by atoms with Crippen molar-refractivity contribution in [1.29, 1.82) is 5.26 Å². The highest BCUT2D eigenvalue weighted by molar-refractivity contribution is 6.33. The molecule has 0 aliphatic rings. The first-order valence-corrected chi connectivity index (χ1v) is 9.38. The maximum absolute atomic E-state index is 14.0. The molecule has 0 saturated heterocycles. The van der Waals surface area contributed by atoms with E-state index in [1.54, 1.807) is 30.3 Å². The summed E-state index contributed by atoms with van der Waals surface area (Å²) in [7, 11) is 0. The first-order chi connectivity index (χ1) is 14.9. The zero-order valence-corrected chi connectivity index (χ0v) is 16.6. The lowest BCUT2D eigenvalue weighted by Gasteiger charge is -2.17. The molecule has 1 heterocycles. The molecule has 2 N–H and O–H groups in total. The van der Waals surface area contributed by atoms with E-state index in [1.165, 1.54) is 12.1 Å². The minimum Gasteiger partial charge on any atom is -0.350 e. The van der Waals surface area contributed by atoms with Gasteiger partial charge in [0, 0.05) is 23.6 Å². The third kappa shape index (κ3) is 5.24. The summed E-state index contributed by atoms with van der Waals surface area (Å²) in [6, 6.07) is 11.7. The van der Waals surface area contributed by atoms with Gasteiger partial charge < -0.3 is 15.2 Å². The highest BCUT2D eigenvalue weighted by atomic mass is 35.5. The summed E-state index contributed by atoms with van der Waals surface area (Å²) < 4.78 is 33.1. The van der Waals surface area contributed by atoms with E-state index in [1.807, 2.05) is 0 Å². The van der Waals surface area contributed by atoms with E-state index in [2.05, 4.69) is 15.8 Å². The molecule has 2 amide bonds. The van der Waals surface area contributed by atoms with Gasteiger partial charge in [0.2, 0.25) is 11.7 Å². The lowest BCUT2D eigenvalue weighted by atomic mass is 10.0. The number of amides is 2. The summed E-state index contributed by atoms with van der Waals surface area (Å²) in [6.07, 6.45) is -0.479. The predicted octanol–water partition coefficient (Wildman–Crippen LogP) is 3.25. The van der Waals surface area contributed by atoms with Crippen LogP contribution in [0.4, 0.5) is 8.78 Å². The van der Waals surface area contributed by atoms with E-state index >= 15 is 0 Å². The molecule has 10 heteroatoms. The number of halogens is 3. The van der Waals surface area contributed by atoms with Crippen molar-refractivity contribution in [2.45, 2.75) is 12.5 Å². The van der Waals surface area contributed by atoms with Gasteiger partial charge in [-0.2, -0.15) is 5.26 Å². The Morgan fingerprint density at radius 2 is 1.87 bits per heavy atom. The van der Waals surface area contributed by atoms with Gasteiger partial charge in [-0.25, -0.2) is 8.78 Å². The minimum absolute atomic E-state index is 0.234. The summed E-state index contributed by atoms with van der Waals surface area (Å²) in [5, 5.41) is 17.5. The van der Waals surface area contributed by atoms with Crippen LogP contribution in [0.25, 0.3) is 11.3 Å². The number of aromatic nitrogens is 1. The standard InChI is InChI=1S/C21H15ClF2N4O3/c22-14-5-2-1-4-12(14)17-11-19(31-28-17)21(30)27-18(20(29)26-9-8-25)10-13-15(23)6-3-7-16(13)24/h1-7,11,18H,9-10H2,(H,26,29)(H,27,30)/t18-/m0/s1. The molecular formula is C21H15ClF2N4O3. The first kappa shape index (κ1) is 21.9. The first-order valence-electron chi connectivity index (χ1n) is 9.00. The molecule has 0 saturated carbocycles. The quantitative estimate of drug-likeness (QED) is 0.544. The van der Waals surface area contributed by atoms with Crippen molar-refractivity contribution in [3.63, 3.8) is 0 Å². The molecule has 158 valence electrons. The van der Waals surface area contributed by atoms with Crippen molar-refractivity contribution >= 4 is 23.4 Å². The van der Waals surface area contributed by atoms with Crippen LogP contribution in [0.15, 0.2) is 53.1 Å². The summed E-state index contributed by atoms with van der Waals surface area (Å²) in [6.45, 7) is -0.343. The lowest BCUT2D eigenvalue weighted by molar-refractivity contribution is -0.122. The van der Waals surface area contributed by atoms with Gasteiger partial charge in [0.1, 0.15) is 29.9 Å². The highest BCUT2D eigenvalue weighted by Gasteiger charge is 2.26. The zero-order valence-electron chi connectivity index (χ0n) is 15.9. The van der Waals surface area contributed by atoms with Gasteiger partial charge in [-0.1, -0.05) is 41.0 Å². The van der Waals surface area contributed by atoms with Crippen LogP contribution in [0.2, 0.25) is 5.02 Å². The molecule has 0 aliphatic carbocycles. The van der Waals surface area contributed by atoms with E-state index < -0.39 is 35.9 Å². The second kappa shape index (κ2) is 9.82. The van der Waals surface area contributed by atoms with Crippen molar-refractivity contribution in [2.75, 3.05) is 6.54 Å². The van der Waals surface area contributed by atoms with Gasteiger partial charge in [-0.15, -0.1) is 0 Å². The van der Waals surface area contributed by atoms with Gasteiger partial charge in [0.05, 0.1) is 11.1 Å². The molecule has 3 rings (SSSR count). The zero-order chi connectivity index (χ0) is 22.4. The highest BCUT2D eigenvalue weighted by Crippen LogP contribution is 2.27. The third-order valence-corrected chi connectivity index (χ3v) is 4.65. The van der Waals surface area contributed by atoms with Crippen molar-refractivity contribution in [1.82, 2.24) is 15.8 Å². The molecule has 0 fully saturated rings. The van der Waals surface area contributed by atoms with E-state index in [-0.39, 0.29) is 17.9 Å². The molecule has 0 spiro atoms. The SMILES string of the molecule is N#CCNC(=O)[C@H](Cc1c(F)cccc1F)NC(=O)c1cc(-c2ccccc2Cl)no1. The van der Waals surface area contributed by atoms with Gasteiger partial charge in [0.25, 0.3) is 5.91 Å². The number of benzene rings is 2. The number of nitriles is 1. The third-order valence-electron chi connectivity index (χ3n) is 4.32. The summed E-state index contributed by atoms with van der Waals surface area (Å²) in [4.78, 5) is 25.0. The fourth-order valence-corrected chi connectivity index (χ4v) is 3.03. The molecule has 7 nitrogen and oxygen atoms in total. The van der Waals surface area contributed by atoms with Crippen LogP contribution in [0.5, 0.6) is 0 Å². The van der Waals surface area contributed by atoms with Gasteiger partial charge in [-0.05, 0) is 18.2 Å². The summed E-state index contributed by atoms with van der Waals surface area (Å²) >= 11 is 6.11. The Labute approximate surface area is 180 Å². The average Bonchev–Trinajstić information content (AvgIpc) is 3.24. The summed E-state index contributed by atoms with van der Waals surface area (Å²) in [5.41, 5.74) is 0.444. The van der Waals surface area contributed by atoms with E-state index in [9.17, 15) is 18.4 Å². The Bertz CT molecular complexity index is 1140. The Kier molecular flexibility index (Phi) is 6.95. The Morgan fingerprint density at radius 3 is 2.55 bits per heavy atom. The number of hydrogen-bond acceptors (Lipinski definition) is 5. The molecule has 3 aromatic rings. The molecule has 0 radical (unpaired) electrons. The van der Waals surface area contributed by atoms with Crippen molar-refractivity contribution in [2.24, 2.45) is 0 Å². The van der Waals surface area contributed by atoms with Gasteiger partial charge >= 0.3 is 0 Å². The van der Waals surface area contributed by atoms with Gasteiger partial charge in [0.15, 0.2) is 0 Å². The van der Waals surface area contributed by atoms with Crippen LogP contribution in [0.3, 0.4) is 0 Å². The normalized spacial score (nSPS) is 11.4. The number of hydrogen-bond donors (Lipinski definition) is 2. The van der Waals surface area contributed by atoms with E-state index in [0.717, 1.165) is 12.1 Å². The molecule has 1 atom stereocenters. The lowest BCUT2D eigenvalue weighted by Crippen LogP contribution is -2.48. The number of nitrogens with one attached hydrogen (secondary N) is 2. The average molecular weight is 445 g/mol. The minimum atomic E-state index is -1.37. The molecule has 31 heavy (non-hydrogen) atoms. The fourth-order valence-electron chi connectivity index (χ4n) is 2.80. The van der Waals surface area contributed by atoms with E-state index in [4.69, 9.17) is 21.4 Å². The Hall–Kier alpha value is -3.77. The van der Waals surface area contributed by atoms with Crippen molar-refractivity contribution in [3.05, 3.63) is 76.5 Å². The number of nitrogens with zero attached hydrogens (tertiary/aromatic N) is 2. The number of carbonyl (C=O) groups excluding carboxylic acids is 2. The maximum Gasteiger partial charge on any atom is 0.290 e. The Morgan fingerprint density at radius 1 is 1.16 bits per heavy atom. The summed E-state index contributed by atoms with van der Waals surface area (Å²) in [5.74, 6) is -3.59. The predicted molar refractivity (Wildman–Crippen MR) is 107 cm³/mol. The maximum atomic E-state index is 14.0. The van der Waals surface area contributed by atoms with Crippen molar-refractivity contribution in [3.8, 4) is 17.3 Å². The second-order valence-electron chi connectivity index (χ2n) is 6.36. The molecule has 0 bridgehead atoms. The second-order valence-corrected chi connectivity index (χ2v) is 6.77. The molecule has 1 aromatic heterocycles. The largest absolute Gasteiger partial charge is 0.350 e. The molecule has 0 unspecified atom stereocenters. The molecular weight excluding hydrogens is 430 g/mol. The fraction of sp³-hybridized carbons (Fsp3) is 0.143. The van der Waals surface area contributed by atoms with Crippen LogP contribution < -0.4 is 10.6 Å². The van der Waals surface area contributed by atoms with Crippen LogP contribution in [0.1, 0.15) is 16.1 Å². The van der Waals surface area contributed by atoms with E-state index in [0.29, 0.717) is 16.3 Å². The van der Waals surface area contributed by atoms with Crippen molar-refractivity contribution < 1.29 is 22.9 Å².